The molecule has 2 aliphatic heterocycles. The summed E-state index contributed by atoms with van der Waals surface area (Å²) < 4.78 is 4.66. The first-order valence-electron chi connectivity index (χ1n) is 8.20. The molecule has 1 fully saturated rings. The number of ether oxygens (including phenoxy) is 1. The number of hydrogen-bond donors (Lipinski definition) is 4. The number of carbonyl (C=O) groups excluding carboxylic acids is 3. The van der Waals surface area contributed by atoms with E-state index in [1.165, 1.54) is 24.3 Å². The Labute approximate surface area is 177 Å². The Balaban J connectivity index is 1.77. The number of carbonyl (C=O) groups is 4. The quantitative estimate of drug-likeness (QED) is 0.222. The molecular weight excluding hydrogens is 440 g/mol. The van der Waals surface area contributed by atoms with Crippen LogP contribution in [0.2, 0.25) is 0 Å². The summed E-state index contributed by atoms with van der Waals surface area (Å²) >= 11 is 2.30. The minimum absolute atomic E-state index is 0.164. The highest BCUT2D eigenvalue weighted by molar-refractivity contribution is 8.00. The first-order chi connectivity index (χ1) is 14.2. The fourth-order valence-corrected chi connectivity index (χ4v) is 4.73. The first kappa shape index (κ1) is 21.4. The van der Waals surface area contributed by atoms with Gasteiger partial charge < -0.3 is 31.5 Å². The summed E-state index contributed by atoms with van der Waals surface area (Å²) in [5, 5.41) is 16.8. The van der Waals surface area contributed by atoms with E-state index in [2.05, 4.69) is 25.0 Å². The van der Waals surface area contributed by atoms with E-state index in [1.807, 2.05) is 0 Å². The monoisotopic (exact) mass is 456 g/mol. The maximum atomic E-state index is 12.6. The molecule has 15 heteroatoms. The maximum absolute atomic E-state index is 12.6. The minimum atomic E-state index is -1.36. The summed E-state index contributed by atoms with van der Waals surface area (Å²) in [6, 6.07) is -0.992. The summed E-state index contributed by atoms with van der Waals surface area (Å²) in [5.41, 5.74) is 10.4. The Hall–Kier alpha value is -3.33. The van der Waals surface area contributed by atoms with Gasteiger partial charge in [-0.3, -0.25) is 14.5 Å². The van der Waals surface area contributed by atoms with Crippen LogP contribution in [0.1, 0.15) is 5.69 Å². The first-order valence-corrected chi connectivity index (χ1v) is 10.1. The second-order valence-electron chi connectivity index (χ2n) is 5.92. The number of thiazole rings is 1. The molecule has 13 nitrogen and oxygen atoms in total. The average Bonchev–Trinajstić information content (AvgIpc) is 3.13. The lowest BCUT2D eigenvalue weighted by Gasteiger charge is -2.49. The highest BCUT2D eigenvalue weighted by atomic mass is 32.2. The fourth-order valence-electron chi connectivity index (χ4n) is 2.85. The van der Waals surface area contributed by atoms with Gasteiger partial charge in [0.05, 0.1) is 0 Å². The van der Waals surface area contributed by atoms with Crippen molar-refractivity contribution in [3.63, 3.8) is 0 Å². The Kier molecular flexibility index (Phi) is 6.12. The number of nitrogens with zero attached hydrogens (tertiary/aromatic N) is 3. The van der Waals surface area contributed by atoms with E-state index in [1.54, 1.807) is 0 Å². The second-order valence-corrected chi connectivity index (χ2v) is 7.91. The van der Waals surface area contributed by atoms with Crippen molar-refractivity contribution in [1.29, 1.82) is 0 Å². The molecule has 1 saturated heterocycles. The highest BCUT2D eigenvalue weighted by Gasteiger charge is 2.54. The van der Waals surface area contributed by atoms with Gasteiger partial charge in [-0.1, -0.05) is 5.16 Å². The molecule has 6 N–H and O–H groups in total. The van der Waals surface area contributed by atoms with Gasteiger partial charge in [-0.2, -0.15) is 0 Å². The molecule has 2 aliphatic rings. The Morgan fingerprint density at radius 1 is 1.47 bits per heavy atom. The molecule has 3 heterocycles. The van der Waals surface area contributed by atoms with Gasteiger partial charge in [0.15, 0.2) is 10.8 Å². The number of nitrogens with two attached hydrogens (primary N) is 2. The molecule has 0 spiro atoms. The summed E-state index contributed by atoms with van der Waals surface area (Å²) in [5.74, 6) is -2.56. The predicted octanol–water partition coefficient (Wildman–Crippen LogP) is -1.09. The standard InChI is InChI=1S/C15H16N6O7S2/c1-27-20-7(6-4-30-14(16)18-6)10(22)19-8-11(23)21-9(13(24)25)5(2-28-15(17)26)3-29-12(8)21/h4,8,12H,2-3H2,1H3,(H2,16,18)(H2,17,26)(H,19,22)(H,24,25)/t8?,12-/m1/s1. The lowest BCUT2D eigenvalue weighted by atomic mass is 10.0. The van der Waals surface area contributed by atoms with Crippen LogP contribution in [-0.2, 0) is 24.0 Å². The lowest BCUT2D eigenvalue weighted by Crippen LogP contribution is -2.71. The van der Waals surface area contributed by atoms with Crippen LogP contribution in [0.25, 0.3) is 0 Å². The molecule has 0 saturated carbocycles. The minimum Gasteiger partial charge on any atom is -0.477 e. The van der Waals surface area contributed by atoms with Crippen molar-refractivity contribution in [1.82, 2.24) is 15.2 Å². The number of anilines is 1. The fraction of sp³-hybridized carbons (Fsp3) is 0.333. The van der Waals surface area contributed by atoms with Crippen molar-refractivity contribution in [2.75, 3.05) is 25.2 Å². The van der Waals surface area contributed by atoms with Crippen LogP contribution in [0, 0.1) is 0 Å². The number of hydrogen-bond acceptors (Lipinski definition) is 11. The number of fused-ring (bicyclic) bond motifs is 1. The van der Waals surface area contributed by atoms with Crippen LogP contribution in [-0.4, -0.2) is 75.5 Å². The van der Waals surface area contributed by atoms with Crippen molar-refractivity contribution in [2.45, 2.75) is 11.4 Å². The Morgan fingerprint density at radius 3 is 2.77 bits per heavy atom. The average molecular weight is 456 g/mol. The maximum Gasteiger partial charge on any atom is 0.404 e. The second kappa shape index (κ2) is 8.58. The molecule has 0 aromatic carbocycles. The number of aromatic nitrogens is 1. The van der Waals surface area contributed by atoms with Gasteiger partial charge in [0.2, 0.25) is 0 Å². The SMILES string of the molecule is CON=C(C(=O)NC1C(=O)N2C(C(=O)O)=C(COC(N)=O)CS[C@H]12)c1csc(N)n1. The molecule has 30 heavy (non-hydrogen) atoms. The van der Waals surface area contributed by atoms with E-state index in [4.69, 9.17) is 11.5 Å². The van der Waals surface area contributed by atoms with Crippen molar-refractivity contribution in [3.8, 4) is 0 Å². The zero-order chi connectivity index (χ0) is 22.0. The van der Waals surface area contributed by atoms with Gasteiger partial charge >= 0.3 is 12.1 Å². The molecule has 0 radical (unpaired) electrons. The van der Waals surface area contributed by atoms with Crippen molar-refractivity contribution < 1.29 is 33.9 Å². The number of nitrogens with one attached hydrogen (secondary N) is 1. The normalized spacial score (nSPS) is 20.9. The van der Waals surface area contributed by atoms with Crippen LogP contribution >= 0.6 is 23.1 Å². The molecule has 2 atom stereocenters. The van der Waals surface area contributed by atoms with Gasteiger partial charge in [-0.15, -0.1) is 23.1 Å². The van der Waals surface area contributed by atoms with Crippen molar-refractivity contribution >= 4 is 57.8 Å². The van der Waals surface area contributed by atoms with Gasteiger partial charge in [-0.05, 0) is 0 Å². The number of carboxylic acids is 1. The summed E-state index contributed by atoms with van der Waals surface area (Å²) in [6.45, 7) is -0.354. The highest BCUT2D eigenvalue weighted by Crippen LogP contribution is 2.40. The molecule has 3 rings (SSSR count). The molecular formula is C15H16N6O7S2. The summed E-state index contributed by atoms with van der Waals surface area (Å²) in [6.07, 6.45) is -1.06. The third-order valence-corrected chi connectivity index (χ3v) is 6.10. The molecule has 160 valence electrons. The molecule has 1 aromatic heterocycles. The van der Waals surface area contributed by atoms with E-state index in [9.17, 15) is 24.3 Å². The van der Waals surface area contributed by atoms with Crippen LogP contribution in [0.15, 0.2) is 21.8 Å². The topological polar surface area (TPSA) is 200 Å². The number of rotatable bonds is 7. The number of amides is 3. The predicted molar refractivity (Wildman–Crippen MR) is 105 cm³/mol. The molecule has 3 amide bonds. The largest absolute Gasteiger partial charge is 0.477 e. The smallest absolute Gasteiger partial charge is 0.404 e. The lowest BCUT2D eigenvalue weighted by molar-refractivity contribution is -0.150. The van der Waals surface area contributed by atoms with Gasteiger partial charge in [0.1, 0.15) is 36.5 Å². The van der Waals surface area contributed by atoms with Crippen molar-refractivity contribution in [3.05, 3.63) is 22.3 Å². The van der Waals surface area contributed by atoms with E-state index >= 15 is 0 Å². The number of primary amides is 1. The Bertz CT molecular complexity index is 974. The number of β-lactam (4-membered cyclic amide) rings is 1. The zero-order valence-corrected chi connectivity index (χ0v) is 17.0. The van der Waals surface area contributed by atoms with E-state index in [0.717, 1.165) is 16.2 Å². The molecule has 0 aliphatic carbocycles. The third kappa shape index (κ3) is 4.02. The van der Waals surface area contributed by atoms with E-state index in [-0.39, 0.29) is 40.2 Å². The van der Waals surface area contributed by atoms with Gasteiger partial charge in [-0.25, -0.2) is 14.6 Å². The summed E-state index contributed by atoms with van der Waals surface area (Å²) in [7, 11) is 1.25. The summed E-state index contributed by atoms with van der Waals surface area (Å²) in [4.78, 5) is 57.4. The third-order valence-electron chi connectivity index (χ3n) is 4.09. The van der Waals surface area contributed by atoms with Gasteiger partial charge in [0, 0.05) is 16.7 Å². The Morgan fingerprint density at radius 2 is 2.20 bits per heavy atom. The van der Waals surface area contributed by atoms with E-state index < -0.39 is 35.3 Å². The van der Waals surface area contributed by atoms with Crippen LogP contribution in [0.4, 0.5) is 9.93 Å². The van der Waals surface area contributed by atoms with Crippen LogP contribution < -0.4 is 16.8 Å². The van der Waals surface area contributed by atoms with Gasteiger partial charge in [0.25, 0.3) is 11.8 Å². The number of aliphatic carboxylic acids is 1. The number of thioether (sulfide) groups is 1. The van der Waals surface area contributed by atoms with E-state index in [0.29, 0.717) is 0 Å². The number of carboxylic acid groups (broad SMARTS) is 1. The van der Waals surface area contributed by atoms with Crippen molar-refractivity contribution in [2.24, 2.45) is 10.9 Å². The molecule has 1 unspecified atom stereocenters. The zero-order valence-electron chi connectivity index (χ0n) is 15.4. The number of nitrogen functional groups attached to an aromatic ring is 1. The van der Waals surface area contributed by atoms with Crippen LogP contribution in [0.3, 0.4) is 0 Å². The number of oxime groups is 1. The van der Waals surface area contributed by atoms with Crippen LogP contribution in [0.5, 0.6) is 0 Å². The molecule has 0 bridgehead atoms. The molecule has 1 aromatic rings.